The van der Waals surface area contributed by atoms with Crippen molar-refractivity contribution in [2.24, 2.45) is 0 Å². The minimum Gasteiger partial charge on any atom is -0.351 e. The first-order chi connectivity index (χ1) is 8.25. The molecule has 0 aliphatic carbocycles. The second-order valence-electron chi connectivity index (χ2n) is 4.14. The first kappa shape index (κ1) is 12.8. The lowest BCUT2D eigenvalue weighted by atomic mass is 10.1. The first-order valence-electron chi connectivity index (χ1n) is 5.78. The van der Waals surface area contributed by atoms with Gasteiger partial charge in [-0.1, -0.05) is 29.8 Å². The Morgan fingerprint density at radius 2 is 2.12 bits per heavy atom. The standard InChI is InChI=1S/C13H17NOS2/c1-10-2-4-11(5-3-10)8-14-13(15)12-9-16-6-7-17-12/h2-5,12H,6-9H2,1H3,(H,14,15). The Kier molecular flexibility index (Phi) is 4.80. The van der Waals surface area contributed by atoms with Crippen molar-refractivity contribution in [2.45, 2.75) is 18.7 Å². The van der Waals surface area contributed by atoms with Crippen LogP contribution in [0, 0.1) is 6.92 Å². The predicted octanol–water partition coefficient (Wildman–Crippen LogP) is 2.46. The largest absolute Gasteiger partial charge is 0.351 e. The van der Waals surface area contributed by atoms with E-state index in [1.807, 2.05) is 11.8 Å². The van der Waals surface area contributed by atoms with E-state index in [2.05, 4.69) is 36.5 Å². The zero-order valence-corrected chi connectivity index (χ0v) is 11.6. The van der Waals surface area contributed by atoms with E-state index in [1.165, 1.54) is 11.3 Å². The molecule has 1 aromatic rings. The minimum atomic E-state index is 0.138. The average molecular weight is 267 g/mol. The maximum atomic E-state index is 11.9. The Morgan fingerprint density at radius 3 is 2.76 bits per heavy atom. The van der Waals surface area contributed by atoms with Crippen LogP contribution in [0.15, 0.2) is 24.3 Å². The summed E-state index contributed by atoms with van der Waals surface area (Å²) in [7, 11) is 0. The van der Waals surface area contributed by atoms with Crippen LogP contribution in [0.1, 0.15) is 11.1 Å². The van der Waals surface area contributed by atoms with E-state index in [0.717, 1.165) is 17.1 Å². The molecule has 1 amide bonds. The number of carbonyl (C=O) groups is 1. The van der Waals surface area contributed by atoms with Crippen molar-refractivity contribution in [3.63, 3.8) is 0 Å². The highest BCUT2D eigenvalue weighted by Gasteiger charge is 2.21. The van der Waals surface area contributed by atoms with Crippen molar-refractivity contribution in [3.8, 4) is 0 Å². The van der Waals surface area contributed by atoms with Crippen LogP contribution in [-0.2, 0) is 11.3 Å². The van der Waals surface area contributed by atoms with Gasteiger partial charge in [0.2, 0.25) is 5.91 Å². The van der Waals surface area contributed by atoms with Crippen molar-refractivity contribution in [1.82, 2.24) is 5.32 Å². The Labute approximate surface area is 111 Å². The first-order valence-corrected chi connectivity index (χ1v) is 7.98. The van der Waals surface area contributed by atoms with Crippen LogP contribution in [-0.4, -0.2) is 28.4 Å². The fourth-order valence-corrected chi connectivity index (χ4v) is 4.23. The monoisotopic (exact) mass is 267 g/mol. The quantitative estimate of drug-likeness (QED) is 0.912. The Bertz CT molecular complexity index is 372. The molecule has 1 aliphatic heterocycles. The highest BCUT2D eigenvalue weighted by Crippen LogP contribution is 2.23. The summed E-state index contributed by atoms with van der Waals surface area (Å²) in [6.45, 7) is 2.71. The molecule has 1 fully saturated rings. The molecule has 1 atom stereocenters. The van der Waals surface area contributed by atoms with E-state index in [0.29, 0.717) is 6.54 Å². The Hall–Kier alpha value is -0.610. The van der Waals surface area contributed by atoms with Crippen LogP contribution in [0.25, 0.3) is 0 Å². The van der Waals surface area contributed by atoms with Gasteiger partial charge >= 0.3 is 0 Å². The van der Waals surface area contributed by atoms with Gasteiger partial charge in [0.1, 0.15) is 0 Å². The summed E-state index contributed by atoms with van der Waals surface area (Å²) in [5, 5.41) is 3.15. The number of amides is 1. The smallest absolute Gasteiger partial charge is 0.234 e. The van der Waals surface area contributed by atoms with Gasteiger partial charge < -0.3 is 5.32 Å². The molecule has 0 radical (unpaired) electrons. The van der Waals surface area contributed by atoms with Gasteiger partial charge in [0.15, 0.2) is 0 Å². The summed E-state index contributed by atoms with van der Waals surface area (Å²) in [6.07, 6.45) is 0. The number of carbonyl (C=O) groups excluding carboxylic acids is 1. The lowest BCUT2D eigenvalue weighted by Crippen LogP contribution is -2.35. The molecule has 0 aromatic heterocycles. The van der Waals surface area contributed by atoms with Gasteiger partial charge in [-0.15, -0.1) is 11.8 Å². The van der Waals surface area contributed by atoms with Crippen LogP contribution < -0.4 is 5.32 Å². The number of rotatable bonds is 3. The predicted molar refractivity (Wildman–Crippen MR) is 76.6 cm³/mol. The summed E-state index contributed by atoms with van der Waals surface area (Å²) in [4.78, 5) is 11.9. The van der Waals surface area contributed by atoms with Crippen molar-refractivity contribution in [1.29, 1.82) is 0 Å². The lowest BCUT2D eigenvalue weighted by molar-refractivity contribution is -0.120. The maximum Gasteiger partial charge on any atom is 0.234 e. The normalized spacial score (nSPS) is 19.9. The van der Waals surface area contributed by atoms with E-state index < -0.39 is 0 Å². The molecule has 0 bridgehead atoms. The highest BCUT2D eigenvalue weighted by atomic mass is 32.2. The number of aryl methyl sites for hydroxylation is 1. The van der Waals surface area contributed by atoms with E-state index >= 15 is 0 Å². The molecule has 1 saturated heterocycles. The number of nitrogens with one attached hydrogen (secondary N) is 1. The molecule has 1 unspecified atom stereocenters. The van der Waals surface area contributed by atoms with Crippen LogP contribution in [0.2, 0.25) is 0 Å². The van der Waals surface area contributed by atoms with Crippen molar-refractivity contribution in [3.05, 3.63) is 35.4 Å². The molecule has 4 heteroatoms. The maximum absolute atomic E-state index is 11.9. The SMILES string of the molecule is Cc1ccc(CNC(=O)C2CSCCS2)cc1. The number of thioether (sulfide) groups is 2. The van der Waals surface area contributed by atoms with Gasteiger partial charge in [-0.25, -0.2) is 0 Å². The molecular weight excluding hydrogens is 250 g/mol. The molecule has 0 spiro atoms. The molecular formula is C13H17NOS2. The number of hydrogen-bond donors (Lipinski definition) is 1. The molecule has 17 heavy (non-hydrogen) atoms. The molecule has 0 saturated carbocycles. The Morgan fingerprint density at radius 1 is 1.35 bits per heavy atom. The second-order valence-corrected chi connectivity index (χ2v) is 6.60. The summed E-state index contributed by atoms with van der Waals surface area (Å²) < 4.78 is 0. The molecule has 1 N–H and O–H groups in total. The summed E-state index contributed by atoms with van der Waals surface area (Å²) in [6, 6.07) is 8.29. The van der Waals surface area contributed by atoms with Crippen LogP contribution in [0.5, 0.6) is 0 Å². The van der Waals surface area contributed by atoms with Crippen molar-refractivity contribution in [2.75, 3.05) is 17.3 Å². The average Bonchev–Trinajstić information content (AvgIpc) is 2.39. The van der Waals surface area contributed by atoms with Gasteiger partial charge in [-0.2, -0.15) is 11.8 Å². The minimum absolute atomic E-state index is 0.138. The van der Waals surface area contributed by atoms with E-state index in [-0.39, 0.29) is 11.2 Å². The highest BCUT2D eigenvalue weighted by molar-refractivity contribution is 8.07. The zero-order valence-electron chi connectivity index (χ0n) is 9.94. The summed E-state index contributed by atoms with van der Waals surface area (Å²) in [5.41, 5.74) is 2.41. The molecule has 2 nitrogen and oxygen atoms in total. The van der Waals surface area contributed by atoms with Crippen LogP contribution >= 0.6 is 23.5 Å². The van der Waals surface area contributed by atoms with Crippen molar-refractivity contribution >= 4 is 29.4 Å². The fraction of sp³-hybridized carbons (Fsp3) is 0.462. The summed E-state index contributed by atoms with van der Waals surface area (Å²) >= 11 is 3.65. The summed E-state index contributed by atoms with van der Waals surface area (Å²) in [5.74, 6) is 3.40. The van der Waals surface area contributed by atoms with E-state index in [9.17, 15) is 4.79 Å². The Balaban J connectivity index is 1.81. The van der Waals surface area contributed by atoms with Gasteiger partial charge in [0.25, 0.3) is 0 Å². The molecule has 2 rings (SSSR count). The molecule has 1 aromatic carbocycles. The van der Waals surface area contributed by atoms with Gasteiger partial charge in [-0.05, 0) is 12.5 Å². The second kappa shape index (κ2) is 6.36. The van der Waals surface area contributed by atoms with Gasteiger partial charge in [-0.3, -0.25) is 4.79 Å². The van der Waals surface area contributed by atoms with Gasteiger partial charge in [0, 0.05) is 23.8 Å². The van der Waals surface area contributed by atoms with E-state index in [1.54, 1.807) is 11.8 Å². The molecule has 1 heterocycles. The van der Waals surface area contributed by atoms with Gasteiger partial charge in [0.05, 0.1) is 5.25 Å². The van der Waals surface area contributed by atoms with Crippen molar-refractivity contribution < 1.29 is 4.79 Å². The molecule has 92 valence electrons. The zero-order chi connectivity index (χ0) is 12.1. The topological polar surface area (TPSA) is 29.1 Å². The lowest BCUT2D eigenvalue weighted by Gasteiger charge is -2.20. The third kappa shape index (κ3) is 3.96. The van der Waals surface area contributed by atoms with E-state index in [4.69, 9.17) is 0 Å². The number of hydrogen-bond acceptors (Lipinski definition) is 3. The number of benzene rings is 1. The van der Waals surface area contributed by atoms with Crippen LogP contribution in [0.4, 0.5) is 0 Å². The van der Waals surface area contributed by atoms with Crippen LogP contribution in [0.3, 0.4) is 0 Å². The molecule has 1 aliphatic rings. The third-order valence-corrected chi connectivity index (χ3v) is 5.45. The fourth-order valence-electron chi connectivity index (χ4n) is 1.65. The third-order valence-electron chi connectivity index (χ3n) is 2.70.